The van der Waals surface area contributed by atoms with Crippen molar-refractivity contribution in [2.75, 3.05) is 24.9 Å². The molecule has 0 amide bonds. The van der Waals surface area contributed by atoms with Gasteiger partial charge >= 0.3 is 5.97 Å². The van der Waals surface area contributed by atoms with Crippen LogP contribution < -0.4 is 15.4 Å². The highest BCUT2D eigenvalue weighted by molar-refractivity contribution is 5.91. The lowest BCUT2D eigenvalue weighted by atomic mass is 9.96. The Hall–Kier alpha value is -3.68. The lowest BCUT2D eigenvalue weighted by Gasteiger charge is -2.23. The number of anilines is 3. The highest BCUT2D eigenvalue weighted by Crippen LogP contribution is 2.31. The number of pyridine rings is 1. The molecular formula is C24H27N5O3. The SMILES string of the molecule is COC(=O)c1ccc(OC)c(Nc2cc(-c3cccnc3)nc(NC3CCCCC3)n2)c1. The minimum Gasteiger partial charge on any atom is -0.495 e. The first-order valence-electron chi connectivity index (χ1n) is 10.8. The van der Waals surface area contributed by atoms with E-state index in [1.807, 2.05) is 18.2 Å². The molecule has 0 radical (unpaired) electrons. The number of carbonyl (C=O) groups is 1. The number of ether oxygens (including phenoxy) is 2. The number of benzene rings is 1. The summed E-state index contributed by atoms with van der Waals surface area (Å²) in [6.07, 6.45) is 9.42. The quantitative estimate of drug-likeness (QED) is 0.512. The number of rotatable bonds is 7. The van der Waals surface area contributed by atoms with Crippen LogP contribution in [0.4, 0.5) is 17.5 Å². The lowest BCUT2D eigenvalue weighted by molar-refractivity contribution is 0.0600. The molecule has 1 aromatic carbocycles. The van der Waals surface area contributed by atoms with Crippen molar-refractivity contribution < 1.29 is 14.3 Å². The molecule has 8 nitrogen and oxygen atoms in total. The van der Waals surface area contributed by atoms with Gasteiger partial charge in [-0.25, -0.2) is 9.78 Å². The molecule has 2 N–H and O–H groups in total. The van der Waals surface area contributed by atoms with Crippen LogP contribution in [0.5, 0.6) is 5.75 Å². The van der Waals surface area contributed by atoms with Crippen LogP contribution in [0.3, 0.4) is 0 Å². The summed E-state index contributed by atoms with van der Waals surface area (Å²) in [6, 6.07) is 11.1. The molecule has 2 heterocycles. The number of nitrogens with zero attached hydrogens (tertiary/aromatic N) is 3. The van der Waals surface area contributed by atoms with Gasteiger partial charge in [0.05, 0.1) is 31.2 Å². The van der Waals surface area contributed by atoms with E-state index in [0.717, 1.165) is 24.1 Å². The van der Waals surface area contributed by atoms with E-state index in [9.17, 15) is 4.79 Å². The molecule has 1 fully saturated rings. The Kier molecular flexibility index (Phi) is 6.79. The molecule has 3 aromatic rings. The minimum absolute atomic E-state index is 0.359. The van der Waals surface area contributed by atoms with E-state index in [-0.39, 0.29) is 0 Å². The summed E-state index contributed by atoms with van der Waals surface area (Å²) in [5.74, 6) is 1.30. The first kappa shape index (κ1) is 21.5. The molecule has 8 heteroatoms. The fourth-order valence-electron chi connectivity index (χ4n) is 3.86. The number of esters is 1. The molecule has 32 heavy (non-hydrogen) atoms. The van der Waals surface area contributed by atoms with Crippen LogP contribution in [0.25, 0.3) is 11.3 Å². The Morgan fingerprint density at radius 1 is 1.06 bits per heavy atom. The van der Waals surface area contributed by atoms with Gasteiger partial charge in [0.25, 0.3) is 0 Å². The number of aromatic nitrogens is 3. The topological polar surface area (TPSA) is 98.3 Å². The zero-order valence-corrected chi connectivity index (χ0v) is 18.3. The lowest BCUT2D eigenvalue weighted by Crippen LogP contribution is -2.23. The third-order valence-corrected chi connectivity index (χ3v) is 5.51. The monoisotopic (exact) mass is 433 g/mol. The maximum absolute atomic E-state index is 12.0. The summed E-state index contributed by atoms with van der Waals surface area (Å²) in [5, 5.41) is 6.78. The molecule has 4 rings (SSSR count). The maximum Gasteiger partial charge on any atom is 0.337 e. The van der Waals surface area contributed by atoms with Crippen LogP contribution in [-0.4, -0.2) is 41.2 Å². The summed E-state index contributed by atoms with van der Waals surface area (Å²) in [5.41, 5.74) is 2.66. The largest absolute Gasteiger partial charge is 0.495 e. The van der Waals surface area contributed by atoms with E-state index < -0.39 is 5.97 Å². The summed E-state index contributed by atoms with van der Waals surface area (Å²) in [7, 11) is 2.93. The van der Waals surface area contributed by atoms with E-state index >= 15 is 0 Å². The zero-order valence-electron chi connectivity index (χ0n) is 18.3. The van der Waals surface area contributed by atoms with Crippen LogP contribution in [0.15, 0.2) is 48.8 Å². The average molecular weight is 434 g/mol. The number of carbonyl (C=O) groups excluding carboxylic acids is 1. The summed E-state index contributed by atoms with van der Waals surface area (Å²) >= 11 is 0. The van der Waals surface area contributed by atoms with Crippen molar-refractivity contribution in [2.24, 2.45) is 0 Å². The highest BCUT2D eigenvalue weighted by atomic mass is 16.5. The molecule has 0 spiro atoms. The predicted octanol–water partition coefficient (Wildman–Crippen LogP) is 4.82. The summed E-state index contributed by atoms with van der Waals surface area (Å²) < 4.78 is 10.3. The second-order valence-corrected chi connectivity index (χ2v) is 7.71. The smallest absolute Gasteiger partial charge is 0.337 e. The molecular weight excluding hydrogens is 406 g/mol. The van der Waals surface area contributed by atoms with Gasteiger partial charge in [-0.15, -0.1) is 0 Å². The van der Waals surface area contributed by atoms with E-state index in [4.69, 9.17) is 19.4 Å². The third kappa shape index (κ3) is 5.14. The Morgan fingerprint density at radius 2 is 1.91 bits per heavy atom. The second-order valence-electron chi connectivity index (χ2n) is 7.71. The molecule has 166 valence electrons. The van der Waals surface area contributed by atoms with Crippen molar-refractivity contribution in [3.63, 3.8) is 0 Å². The number of hydrogen-bond donors (Lipinski definition) is 2. The maximum atomic E-state index is 12.0. The Labute approximate surface area is 187 Å². The van der Waals surface area contributed by atoms with Gasteiger partial charge in [0, 0.05) is 30.1 Å². The van der Waals surface area contributed by atoms with Crippen molar-refractivity contribution in [3.05, 3.63) is 54.4 Å². The fraction of sp³-hybridized carbons (Fsp3) is 0.333. The molecule has 2 aromatic heterocycles. The van der Waals surface area contributed by atoms with Crippen LogP contribution in [0.2, 0.25) is 0 Å². The Bertz CT molecular complexity index is 1070. The van der Waals surface area contributed by atoms with Crippen molar-refractivity contribution in [2.45, 2.75) is 38.1 Å². The van der Waals surface area contributed by atoms with Gasteiger partial charge in [0.1, 0.15) is 11.6 Å². The van der Waals surface area contributed by atoms with Gasteiger partial charge in [0.2, 0.25) is 5.95 Å². The number of methoxy groups -OCH3 is 2. The second kappa shape index (κ2) is 10.1. The number of hydrogen-bond acceptors (Lipinski definition) is 8. The van der Waals surface area contributed by atoms with Gasteiger partial charge in [-0.3, -0.25) is 4.98 Å². The molecule has 0 atom stereocenters. The molecule has 1 aliphatic carbocycles. The van der Waals surface area contributed by atoms with Crippen LogP contribution in [0, 0.1) is 0 Å². The highest BCUT2D eigenvalue weighted by Gasteiger charge is 2.17. The minimum atomic E-state index is -0.422. The zero-order chi connectivity index (χ0) is 22.3. The van der Waals surface area contributed by atoms with Gasteiger partial charge in [-0.1, -0.05) is 19.3 Å². The van der Waals surface area contributed by atoms with Crippen molar-refractivity contribution >= 4 is 23.4 Å². The number of nitrogens with one attached hydrogen (secondary N) is 2. The van der Waals surface area contributed by atoms with Crippen molar-refractivity contribution in [3.8, 4) is 17.0 Å². The fourth-order valence-corrected chi connectivity index (χ4v) is 3.86. The van der Waals surface area contributed by atoms with E-state index in [1.165, 1.54) is 26.4 Å². The first-order valence-corrected chi connectivity index (χ1v) is 10.8. The summed E-state index contributed by atoms with van der Waals surface area (Å²) in [4.78, 5) is 25.6. The van der Waals surface area contributed by atoms with Crippen molar-refractivity contribution in [1.82, 2.24) is 15.0 Å². The van der Waals surface area contributed by atoms with Gasteiger partial charge in [0.15, 0.2) is 0 Å². The summed E-state index contributed by atoms with van der Waals surface area (Å²) in [6.45, 7) is 0. The van der Waals surface area contributed by atoms with Crippen LogP contribution in [0.1, 0.15) is 42.5 Å². The van der Waals surface area contributed by atoms with E-state index in [1.54, 1.807) is 37.7 Å². The molecule has 0 unspecified atom stereocenters. The van der Waals surface area contributed by atoms with Crippen LogP contribution in [-0.2, 0) is 4.74 Å². The van der Waals surface area contributed by atoms with E-state index in [0.29, 0.717) is 34.8 Å². The molecule has 0 aliphatic heterocycles. The van der Waals surface area contributed by atoms with Crippen LogP contribution >= 0.6 is 0 Å². The van der Waals surface area contributed by atoms with Gasteiger partial charge in [-0.05, 0) is 43.2 Å². The van der Waals surface area contributed by atoms with Gasteiger partial charge in [-0.2, -0.15) is 4.98 Å². The van der Waals surface area contributed by atoms with E-state index in [2.05, 4.69) is 15.6 Å². The molecule has 0 saturated heterocycles. The van der Waals surface area contributed by atoms with Crippen molar-refractivity contribution in [1.29, 1.82) is 0 Å². The molecule has 1 saturated carbocycles. The first-order chi connectivity index (χ1) is 15.7. The predicted molar refractivity (Wildman–Crippen MR) is 123 cm³/mol. The Morgan fingerprint density at radius 3 is 2.62 bits per heavy atom. The molecule has 0 bridgehead atoms. The normalized spacial score (nSPS) is 13.9. The van der Waals surface area contributed by atoms with Gasteiger partial charge < -0.3 is 20.1 Å². The average Bonchev–Trinajstić information content (AvgIpc) is 2.84. The molecule has 1 aliphatic rings. The standard InChI is InChI=1S/C24H27N5O3/c1-31-21-11-10-16(23(30)32-2)13-20(21)27-22-14-19(17-7-6-12-25-15-17)28-24(29-22)26-18-8-4-3-5-9-18/h6-7,10-15,18H,3-5,8-9H2,1-2H3,(H2,26,27,28,29). The third-order valence-electron chi connectivity index (χ3n) is 5.51. The Balaban J connectivity index is 1.69.